The molecule has 1 unspecified atom stereocenters. The van der Waals surface area contributed by atoms with Crippen LogP contribution in [0, 0.1) is 11.3 Å². The van der Waals surface area contributed by atoms with Crippen LogP contribution in [0.4, 0.5) is 5.69 Å². The molecule has 5 heteroatoms. The van der Waals surface area contributed by atoms with Crippen molar-refractivity contribution in [2.45, 2.75) is 19.9 Å². The van der Waals surface area contributed by atoms with Gasteiger partial charge in [-0.1, -0.05) is 12.1 Å². The summed E-state index contributed by atoms with van der Waals surface area (Å²) in [6, 6.07) is 9.33. The van der Waals surface area contributed by atoms with Gasteiger partial charge in [0.25, 0.3) is 0 Å². The molecular weight excluding hydrogens is 254 g/mol. The number of likely N-dealkylation sites (N-methyl/N-ethyl adjacent to an activating group) is 1. The number of benzene rings is 1. The van der Waals surface area contributed by atoms with E-state index in [4.69, 9.17) is 5.11 Å². The van der Waals surface area contributed by atoms with Crippen molar-refractivity contribution >= 4 is 11.7 Å². The predicted octanol–water partition coefficient (Wildman–Crippen LogP) is 2.11. The molecule has 0 amide bonds. The van der Waals surface area contributed by atoms with Crippen LogP contribution in [-0.2, 0) is 4.79 Å². The van der Waals surface area contributed by atoms with Gasteiger partial charge in [0.1, 0.15) is 6.04 Å². The van der Waals surface area contributed by atoms with Crippen molar-refractivity contribution in [3.05, 3.63) is 29.8 Å². The first-order chi connectivity index (χ1) is 9.53. The number of carbonyl (C=O) groups is 1. The fraction of sp³-hybridized carbons (Fsp3) is 0.467. The first-order valence-electron chi connectivity index (χ1n) is 6.70. The van der Waals surface area contributed by atoms with Gasteiger partial charge in [-0.15, -0.1) is 0 Å². The molecule has 0 fully saturated rings. The van der Waals surface area contributed by atoms with Crippen LogP contribution in [0.5, 0.6) is 0 Å². The highest BCUT2D eigenvalue weighted by Gasteiger charge is 2.18. The van der Waals surface area contributed by atoms with E-state index in [0.29, 0.717) is 0 Å². The first-order valence-corrected chi connectivity index (χ1v) is 6.70. The van der Waals surface area contributed by atoms with E-state index in [2.05, 4.69) is 24.8 Å². The van der Waals surface area contributed by atoms with Gasteiger partial charge in [0.15, 0.2) is 0 Å². The van der Waals surface area contributed by atoms with Crippen LogP contribution in [0.2, 0.25) is 0 Å². The smallest absolute Gasteiger partial charge is 0.317 e. The van der Waals surface area contributed by atoms with E-state index >= 15 is 0 Å². The second-order valence-corrected chi connectivity index (χ2v) is 4.60. The van der Waals surface area contributed by atoms with Gasteiger partial charge in [-0.05, 0) is 38.6 Å². The van der Waals surface area contributed by atoms with Crippen molar-refractivity contribution in [1.82, 2.24) is 4.90 Å². The molecular formula is C15H21N3O2. The summed E-state index contributed by atoms with van der Waals surface area (Å²) < 4.78 is 0. The van der Waals surface area contributed by atoms with E-state index in [-0.39, 0.29) is 6.54 Å². The molecule has 0 aliphatic carbocycles. The molecule has 1 aromatic rings. The van der Waals surface area contributed by atoms with Crippen molar-refractivity contribution in [2.24, 2.45) is 0 Å². The average Bonchev–Trinajstić information content (AvgIpc) is 2.41. The topological polar surface area (TPSA) is 67.6 Å². The summed E-state index contributed by atoms with van der Waals surface area (Å²) >= 11 is 0. The number of carboxylic acid groups (broad SMARTS) is 1. The van der Waals surface area contributed by atoms with E-state index in [1.54, 1.807) is 7.05 Å². The Morgan fingerprint density at radius 3 is 2.25 bits per heavy atom. The molecule has 1 aromatic carbocycles. The van der Waals surface area contributed by atoms with E-state index in [1.807, 2.05) is 24.3 Å². The van der Waals surface area contributed by atoms with Crippen LogP contribution in [0.15, 0.2) is 24.3 Å². The van der Waals surface area contributed by atoms with Crippen LogP contribution < -0.4 is 4.90 Å². The Bertz CT molecular complexity index is 475. The molecule has 5 nitrogen and oxygen atoms in total. The number of carboxylic acids is 1. The largest absolute Gasteiger partial charge is 0.480 e. The second kappa shape index (κ2) is 7.51. The van der Waals surface area contributed by atoms with Crippen molar-refractivity contribution in [3.63, 3.8) is 0 Å². The lowest BCUT2D eigenvalue weighted by Crippen LogP contribution is -2.29. The van der Waals surface area contributed by atoms with Gasteiger partial charge >= 0.3 is 5.97 Å². The molecule has 0 saturated heterocycles. The molecule has 0 aliphatic heterocycles. The fourth-order valence-corrected chi connectivity index (χ4v) is 2.19. The van der Waals surface area contributed by atoms with Crippen LogP contribution >= 0.6 is 0 Å². The predicted molar refractivity (Wildman–Crippen MR) is 78.6 cm³/mol. The number of hydrogen-bond donors (Lipinski definition) is 1. The molecule has 0 aromatic heterocycles. The Hall–Kier alpha value is -2.06. The number of nitrogens with zero attached hydrogens (tertiary/aromatic N) is 3. The molecule has 0 heterocycles. The average molecular weight is 275 g/mol. The monoisotopic (exact) mass is 275 g/mol. The van der Waals surface area contributed by atoms with Gasteiger partial charge in [0.2, 0.25) is 0 Å². The minimum Gasteiger partial charge on any atom is -0.480 e. The van der Waals surface area contributed by atoms with Crippen LogP contribution in [0.25, 0.3) is 0 Å². The van der Waals surface area contributed by atoms with Crippen molar-refractivity contribution in [3.8, 4) is 6.07 Å². The summed E-state index contributed by atoms with van der Waals surface area (Å²) in [5, 5.41) is 18.0. The van der Waals surface area contributed by atoms with E-state index in [1.165, 1.54) is 4.90 Å². The number of rotatable bonds is 7. The molecule has 1 atom stereocenters. The van der Waals surface area contributed by atoms with E-state index in [0.717, 1.165) is 24.3 Å². The summed E-state index contributed by atoms with van der Waals surface area (Å²) in [4.78, 5) is 14.5. The van der Waals surface area contributed by atoms with E-state index < -0.39 is 12.0 Å². The Balaban J connectivity index is 2.90. The van der Waals surface area contributed by atoms with Gasteiger partial charge in [0, 0.05) is 18.8 Å². The molecule has 1 N–H and O–H groups in total. The molecule has 0 spiro atoms. The van der Waals surface area contributed by atoms with Gasteiger partial charge in [-0.3, -0.25) is 9.69 Å². The third kappa shape index (κ3) is 3.97. The molecule has 0 bridgehead atoms. The lowest BCUT2D eigenvalue weighted by Gasteiger charge is -2.23. The lowest BCUT2D eigenvalue weighted by atomic mass is 10.1. The quantitative estimate of drug-likeness (QED) is 0.825. The molecule has 0 saturated carbocycles. The molecule has 108 valence electrons. The van der Waals surface area contributed by atoms with Gasteiger partial charge in [-0.2, -0.15) is 5.26 Å². The zero-order valence-electron chi connectivity index (χ0n) is 12.2. The van der Waals surface area contributed by atoms with Crippen molar-refractivity contribution in [1.29, 1.82) is 5.26 Å². The van der Waals surface area contributed by atoms with Gasteiger partial charge < -0.3 is 10.0 Å². The maximum atomic E-state index is 10.7. The number of hydrogen-bond acceptors (Lipinski definition) is 4. The maximum absolute atomic E-state index is 10.7. The first kappa shape index (κ1) is 16.0. The molecule has 1 rings (SSSR count). The van der Waals surface area contributed by atoms with Crippen LogP contribution in [0.1, 0.15) is 25.5 Å². The highest BCUT2D eigenvalue weighted by Crippen LogP contribution is 2.22. The number of nitriles is 1. The number of anilines is 1. The minimum atomic E-state index is -0.937. The molecule has 0 aliphatic rings. The Morgan fingerprint density at radius 1 is 1.30 bits per heavy atom. The zero-order chi connectivity index (χ0) is 15.1. The van der Waals surface area contributed by atoms with Gasteiger partial charge in [-0.25, -0.2) is 0 Å². The summed E-state index contributed by atoms with van der Waals surface area (Å²) in [5.41, 5.74) is 1.92. The second-order valence-electron chi connectivity index (χ2n) is 4.60. The van der Waals surface area contributed by atoms with Crippen molar-refractivity contribution < 1.29 is 9.90 Å². The maximum Gasteiger partial charge on any atom is 0.317 e. The minimum absolute atomic E-state index is 0.157. The van der Waals surface area contributed by atoms with Crippen LogP contribution in [0.3, 0.4) is 0 Å². The van der Waals surface area contributed by atoms with Crippen LogP contribution in [-0.4, -0.2) is 42.7 Å². The molecule has 0 radical (unpaired) electrons. The highest BCUT2D eigenvalue weighted by molar-refractivity contribution is 5.69. The Labute approximate surface area is 120 Å². The summed E-state index contributed by atoms with van der Waals surface area (Å²) in [5.74, 6) is -0.937. The SMILES string of the molecule is CCN(CC)c1ccc(C(C#N)N(C)CC(=O)O)cc1. The van der Waals surface area contributed by atoms with Gasteiger partial charge in [0.05, 0.1) is 12.6 Å². The Kier molecular flexibility index (Phi) is 6.01. The Morgan fingerprint density at radius 2 is 1.85 bits per heavy atom. The number of aliphatic carboxylic acids is 1. The normalized spacial score (nSPS) is 11.9. The standard InChI is InChI=1S/C15H21N3O2/c1-4-18(5-2)13-8-6-12(7-9-13)14(10-16)17(3)11-15(19)20/h6-9,14H,4-5,11H2,1-3H3,(H,19,20). The van der Waals surface area contributed by atoms with Crippen molar-refractivity contribution in [2.75, 3.05) is 31.6 Å². The summed E-state index contributed by atoms with van der Waals surface area (Å²) in [6.07, 6.45) is 0. The lowest BCUT2D eigenvalue weighted by molar-refractivity contribution is -0.138. The highest BCUT2D eigenvalue weighted by atomic mass is 16.4. The fourth-order valence-electron chi connectivity index (χ4n) is 2.19. The van der Waals surface area contributed by atoms with E-state index in [9.17, 15) is 10.1 Å². The third-order valence-corrected chi connectivity index (χ3v) is 3.29. The summed E-state index contributed by atoms with van der Waals surface area (Å²) in [7, 11) is 1.64. The third-order valence-electron chi connectivity index (χ3n) is 3.29. The summed E-state index contributed by atoms with van der Waals surface area (Å²) in [6.45, 7) is 5.88. The molecule has 20 heavy (non-hydrogen) atoms. The zero-order valence-corrected chi connectivity index (χ0v) is 12.2.